The Labute approximate surface area is 150 Å². The van der Waals surface area contributed by atoms with Crippen LogP contribution in [0.3, 0.4) is 0 Å². The first kappa shape index (κ1) is 17.6. The molecule has 0 aliphatic heterocycles. The van der Waals surface area contributed by atoms with Gasteiger partial charge in [-0.2, -0.15) is 0 Å². The number of nitrogens with one attached hydrogen (secondary N) is 2. The van der Waals surface area contributed by atoms with E-state index in [4.69, 9.17) is 4.74 Å². The summed E-state index contributed by atoms with van der Waals surface area (Å²) in [4.78, 5) is 8.14. The van der Waals surface area contributed by atoms with Crippen molar-refractivity contribution in [3.63, 3.8) is 0 Å². The van der Waals surface area contributed by atoms with Gasteiger partial charge in [0.15, 0.2) is 0 Å². The molecule has 3 aromatic rings. The zero-order chi connectivity index (χ0) is 18.5. The molecule has 134 valence electrons. The van der Waals surface area contributed by atoms with E-state index < -0.39 is 11.6 Å². The Morgan fingerprint density at radius 1 is 0.885 bits per heavy atom. The fraction of sp³-hybridized carbons (Fsp3) is 0.158. The second kappa shape index (κ2) is 7.77. The van der Waals surface area contributed by atoms with Crippen molar-refractivity contribution in [1.29, 1.82) is 0 Å². The molecule has 5 nitrogen and oxygen atoms in total. The van der Waals surface area contributed by atoms with Crippen molar-refractivity contribution in [2.45, 2.75) is 20.0 Å². The van der Waals surface area contributed by atoms with Crippen LogP contribution < -0.4 is 15.4 Å². The third-order valence-corrected chi connectivity index (χ3v) is 3.40. The molecule has 26 heavy (non-hydrogen) atoms. The first-order valence-corrected chi connectivity index (χ1v) is 8.08. The van der Waals surface area contributed by atoms with Gasteiger partial charge in [-0.25, -0.2) is 18.7 Å². The van der Waals surface area contributed by atoms with E-state index in [2.05, 4.69) is 20.6 Å². The predicted molar refractivity (Wildman–Crippen MR) is 97.2 cm³/mol. The molecule has 0 atom stereocenters. The zero-order valence-corrected chi connectivity index (χ0v) is 14.3. The topological polar surface area (TPSA) is 59.1 Å². The number of nitrogens with zero attached hydrogens (tertiary/aromatic N) is 2. The smallest absolute Gasteiger partial charge is 0.149 e. The normalized spacial score (nSPS) is 10.7. The molecule has 0 saturated heterocycles. The van der Waals surface area contributed by atoms with Crippen LogP contribution >= 0.6 is 0 Å². The molecule has 0 bridgehead atoms. The highest BCUT2D eigenvalue weighted by Crippen LogP contribution is 2.29. The zero-order valence-electron chi connectivity index (χ0n) is 14.3. The number of halogens is 2. The standard InChI is InChI=1S/C19H18F2N4O/c1-12(2)26-16-9-4-3-8-15(16)24-17-10-18(23-11-22-17)25-19-13(20)6-5-7-14(19)21/h3-12H,1-2H3,(H2,22,23,24,25). The van der Waals surface area contributed by atoms with Gasteiger partial charge in [0.2, 0.25) is 0 Å². The number of benzene rings is 2. The molecular formula is C19H18F2N4O. The van der Waals surface area contributed by atoms with E-state index in [1.165, 1.54) is 24.5 Å². The van der Waals surface area contributed by atoms with Gasteiger partial charge in [0.25, 0.3) is 0 Å². The highest BCUT2D eigenvalue weighted by molar-refractivity contribution is 5.67. The van der Waals surface area contributed by atoms with Crippen LogP contribution in [0.15, 0.2) is 54.9 Å². The van der Waals surface area contributed by atoms with Crippen molar-refractivity contribution in [3.8, 4) is 5.75 Å². The van der Waals surface area contributed by atoms with Crippen LogP contribution in [-0.2, 0) is 0 Å². The quantitative estimate of drug-likeness (QED) is 0.649. The Hall–Kier alpha value is -3.22. The molecule has 0 radical (unpaired) electrons. The van der Waals surface area contributed by atoms with Crippen molar-refractivity contribution >= 4 is 23.0 Å². The van der Waals surface area contributed by atoms with Crippen molar-refractivity contribution in [2.24, 2.45) is 0 Å². The minimum atomic E-state index is -0.700. The van der Waals surface area contributed by atoms with Crippen LogP contribution in [0, 0.1) is 11.6 Å². The highest BCUT2D eigenvalue weighted by Gasteiger charge is 2.11. The van der Waals surface area contributed by atoms with Gasteiger partial charge >= 0.3 is 0 Å². The second-order valence-electron chi connectivity index (χ2n) is 5.80. The molecule has 0 spiro atoms. The summed E-state index contributed by atoms with van der Waals surface area (Å²) in [6.45, 7) is 3.87. The lowest BCUT2D eigenvalue weighted by Crippen LogP contribution is -2.07. The molecule has 3 rings (SSSR count). The summed E-state index contributed by atoms with van der Waals surface area (Å²) in [6, 6.07) is 12.6. The fourth-order valence-corrected chi connectivity index (χ4v) is 2.30. The molecule has 0 saturated carbocycles. The average Bonchev–Trinajstić information content (AvgIpc) is 2.60. The number of ether oxygens (including phenoxy) is 1. The van der Waals surface area contributed by atoms with Gasteiger partial charge in [0.1, 0.15) is 41.0 Å². The van der Waals surface area contributed by atoms with E-state index in [9.17, 15) is 8.78 Å². The number of anilines is 4. The van der Waals surface area contributed by atoms with Crippen molar-refractivity contribution in [2.75, 3.05) is 10.6 Å². The average molecular weight is 356 g/mol. The monoisotopic (exact) mass is 356 g/mol. The van der Waals surface area contributed by atoms with Gasteiger partial charge in [-0.3, -0.25) is 0 Å². The van der Waals surface area contributed by atoms with Gasteiger partial charge < -0.3 is 15.4 Å². The van der Waals surface area contributed by atoms with Crippen LogP contribution in [0.1, 0.15) is 13.8 Å². The van der Waals surface area contributed by atoms with Gasteiger partial charge in [-0.1, -0.05) is 18.2 Å². The Morgan fingerprint density at radius 3 is 2.23 bits per heavy atom. The van der Waals surface area contributed by atoms with Crippen molar-refractivity contribution in [3.05, 3.63) is 66.5 Å². The summed E-state index contributed by atoms with van der Waals surface area (Å²) in [7, 11) is 0. The largest absolute Gasteiger partial charge is 0.489 e. The first-order chi connectivity index (χ1) is 12.5. The molecule has 0 aliphatic carbocycles. The third-order valence-electron chi connectivity index (χ3n) is 3.40. The van der Waals surface area contributed by atoms with Crippen LogP contribution in [-0.4, -0.2) is 16.1 Å². The maximum atomic E-state index is 13.8. The molecule has 0 fully saturated rings. The maximum Gasteiger partial charge on any atom is 0.149 e. The third kappa shape index (κ3) is 4.24. The number of aromatic nitrogens is 2. The Morgan fingerprint density at radius 2 is 1.54 bits per heavy atom. The lowest BCUT2D eigenvalue weighted by Gasteiger charge is -2.15. The summed E-state index contributed by atoms with van der Waals surface area (Å²) in [5, 5.41) is 5.77. The summed E-state index contributed by atoms with van der Waals surface area (Å²) in [6.07, 6.45) is 1.32. The molecular weight excluding hydrogens is 338 g/mol. The van der Waals surface area contributed by atoms with Gasteiger partial charge in [0, 0.05) is 6.07 Å². The number of hydrogen-bond acceptors (Lipinski definition) is 5. The van der Waals surface area contributed by atoms with Gasteiger partial charge in [-0.15, -0.1) is 0 Å². The minimum absolute atomic E-state index is 0.0182. The number of hydrogen-bond donors (Lipinski definition) is 2. The van der Waals surface area contributed by atoms with E-state index in [0.717, 1.165) is 5.69 Å². The Balaban J connectivity index is 1.83. The number of para-hydroxylation sites is 3. The minimum Gasteiger partial charge on any atom is -0.489 e. The van der Waals surface area contributed by atoms with Crippen LogP contribution in [0.2, 0.25) is 0 Å². The lowest BCUT2D eigenvalue weighted by molar-refractivity contribution is 0.244. The second-order valence-corrected chi connectivity index (χ2v) is 5.80. The molecule has 2 aromatic carbocycles. The SMILES string of the molecule is CC(C)Oc1ccccc1Nc1cc(Nc2c(F)cccc2F)ncn1. The summed E-state index contributed by atoms with van der Waals surface area (Å²) in [5.74, 6) is -0.00816. The fourth-order valence-electron chi connectivity index (χ4n) is 2.30. The first-order valence-electron chi connectivity index (χ1n) is 8.08. The number of rotatable bonds is 6. The van der Waals surface area contributed by atoms with Crippen molar-refractivity contribution < 1.29 is 13.5 Å². The van der Waals surface area contributed by atoms with E-state index in [1.807, 2.05) is 38.1 Å². The van der Waals surface area contributed by atoms with E-state index in [-0.39, 0.29) is 17.6 Å². The summed E-state index contributed by atoms with van der Waals surface area (Å²) in [5.41, 5.74) is 0.462. The molecule has 0 unspecified atom stereocenters. The summed E-state index contributed by atoms with van der Waals surface area (Å²) >= 11 is 0. The van der Waals surface area contributed by atoms with Crippen LogP contribution in [0.5, 0.6) is 5.75 Å². The van der Waals surface area contributed by atoms with E-state index in [1.54, 1.807) is 6.07 Å². The van der Waals surface area contributed by atoms with E-state index >= 15 is 0 Å². The Bertz CT molecular complexity index is 882. The van der Waals surface area contributed by atoms with E-state index in [0.29, 0.717) is 11.6 Å². The highest BCUT2D eigenvalue weighted by atomic mass is 19.1. The molecule has 0 amide bonds. The molecule has 1 aromatic heterocycles. The van der Waals surface area contributed by atoms with Gasteiger partial charge in [0.05, 0.1) is 11.8 Å². The lowest BCUT2D eigenvalue weighted by atomic mass is 10.2. The molecule has 0 aliphatic rings. The predicted octanol–water partition coefficient (Wildman–Crippen LogP) is 5.03. The van der Waals surface area contributed by atoms with Gasteiger partial charge in [-0.05, 0) is 38.1 Å². The van der Waals surface area contributed by atoms with Crippen LogP contribution in [0.25, 0.3) is 0 Å². The molecule has 2 N–H and O–H groups in total. The van der Waals surface area contributed by atoms with Crippen molar-refractivity contribution in [1.82, 2.24) is 9.97 Å². The molecule has 1 heterocycles. The van der Waals surface area contributed by atoms with Crippen LogP contribution in [0.4, 0.5) is 31.8 Å². The Kier molecular flexibility index (Phi) is 5.26. The molecule has 7 heteroatoms. The summed E-state index contributed by atoms with van der Waals surface area (Å²) < 4.78 is 33.3. The maximum absolute atomic E-state index is 13.8.